The molecule has 0 spiro atoms. The lowest BCUT2D eigenvalue weighted by Gasteiger charge is -1.95. The average molecular weight is 198 g/mol. The van der Waals surface area contributed by atoms with Crippen molar-refractivity contribution < 1.29 is 4.42 Å². The lowest BCUT2D eigenvalue weighted by Crippen LogP contribution is -1.98. The minimum absolute atomic E-state index is 0.682. The van der Waals surface area contributed by atoms with E-state index in [0.29, 0.717) is 6.54 Å². The molecular formula is C12H10N2O. The first kappa shape index (κ1) is 8.29. The monoisotopic (exact) mass is 198 g/mol. The van der Waals surface area contributed by atoms with Gasteiger partial charge in [0.1, 0.15) is 5.76 Å². The highest BCUT2D eigenvalue weighted by atomic mass is 16.3. The molecule has 3 rings (SSSR count). The molecule has 3 aromatic rings. The molecule has 3 nitrogen and oxygen atoms in total. The molecule has 0 saturated heterocycles. The number of hydrogen-bond acceptors (Lipinski definition) is 2. The first-order valence-electron chi connectivity index (χ1n) is 4.86. The van der Waals surface area contributed by atoms with E-state index in [9.17, 15) is 0 Å². The molecule has 0 fully saturated rings. The molecule has 0 aliphatic heterocycles. The van der Waals surface area contributed by atoms with Crippen LogP contribution >= 0.6 is 0 Å². The first-order chi connectivity index (χ1) is 7.42. The minimum Gasteiger partial charge on any atom is -0.467 e. The molecule has 0 unspecified atom stereocenters. The van der Waals surface area contributed by atoms with E-state index in [4.69, 9.17) is 4.42 Å². The fraction of sp³-hybridized carbons (Fsp3) is 0.0833. The van der Waals surface area contributed by atoms with Crippen molar-refractivity contribution in [1.29, 1.82) is 0 Å². The van der Waals surface area contributed by atoms with Crippen LogP contribution in [0.4, 0.5) is 0 Å². The number of furan rings is 1. The Morgan fingerprint density at radius 1 is 1.13 bits per heavy atom. The largest absolute Gasteiger partial charge is 0.467 e. The molecule has 2 aromatic heterocycles. The summed E-state index contributed by atoms with van der Waals surface area (Å²) in [7, 11) is 0. The third-order valence-corrected chi connectivity index (χ3v) is 2.36. The van der Waals surface area contributed by atoms with Crippen LogP contribution in [0.15, 0.2) is 53.3 Å². The van der Waals surface area contributed by atoms with Crippen LogP contribution in [0.1, 0.15) is 5.76 Å². The molecular weight excluding hydrogens is 188 g/mol. The first-order valence-corrected chi connectivity index (χ1v) is 4.86. The van der Waals surface area contributed by atoms with Crippen LogP contribution in [0, 0.1) is 0 Å². The Morgan fingerprint density at radius 3 is 2.87 bits per heavy atom. The molecule has 3 heteroatoms. The van der Waals surface area contributed by atoms with Crippen LogP contribution in [0.25, 0.3) is 10.9 Å². The van der Waals surface area contributed by atoms with Crippen molar-refractivity contribution in [3.63, 3.8) is 0 Å². The summed E-state index contributed by atoms with van der Waals surface area (Å²) in [4.78, 5) is 0. The summed E-state index contributed by atoms with van der Waals surface area (Å²) >= 11 is 0. The van der Waals surface area contributed by atoms with Crippen LogP contribution in [-0.2, 0) is 6.54 Å². The Morgan fingerprint density at radius 2 is 2.07 bits per heavy atom. The number of aromatic nitrogens is 2. The normalized spacial score (nSPS) is 10.9. The molecule has 0 saturated carbocycles. The second kappa shape index (κ2) is 3.28. The fourth-order valence-electron chi connectivity index (χ4n) is 1.66. The van der Waals surface area contributed by atoms with Gasteiger partial charge in [-0.3, -0.25) is 4.68 Å². The van der Waals surface area contributed by atoms with Crippen molar-refractivity contribution in [2.24, 2.45) is 0 Å². The number of nitrogens with zero attached hydrogens (tertiary/aromatic N) is 2. The number of fused-ring (bicyclic) bond motifs is 1. The van der Waals surface area contributed by atoms with Gasteiger partial charge in [0, 0.05) is 11.6 Å². The van der Waals surface area contributed by atoms with Gasteiger partial charge in [0.05, 0.1) is 18.3 Å². The summed E-state index contributed by atoms with van der Waals surface area (Å²) in [5.74, 6) is 0.919. The van der Waals surface area contributed by atoms with Crippen LogP contribution in [0.3, 0.4) is 0 Å². The molecule has 0 N–H and O–H groups in total. The highest BCUT2D eigenvalue weighted by molar-refractivity contribution is 5.77. The average Bonchev–Trinajstić information content (AvgIpc) is 2.86. The standard InChI is InChI=1S/C12H10N2O/c1-2-6-12-10(4-1)8-14(13-12)9-11-5-3-7-15-11/h1-8H,9H2. The van der Waals surface area contributed by atoms with Gasteiger partial charge in [-0.1, -0.05) is 18.2 Å². The Hall–Kier alpha value is -2.03. The van der Waals surface area contributed by atoms with Crippen molar-refractivity contribution in [2.45, 2.75) is 6.54 Å². The van der Waals surface area contributed by atoms with Gasteiger partial charge in [0.15, 0.2) is 0 Å². The summed E-state index contributed by atoms with van der Waals surface area (Å²) in [6, 6.07) is 11.9. The second-order valence-electron chi connectivity index (χ2n) is 3.46. The van der Waals surface area contributed by atoms with E-state index >= 15 is 0 Å². The molecule has 0 aliphatic rings. The van der Waals surface area contributed by atoms with E-state index in [1.54, 1.807) is 6.26 Å². The van der Waals surface area contributed by atoms with Crippen molar-refractivity contribution in [2.75, 3.05) is 0 Å². The van der Waals surface area contributed by atoms with Gasteiger partial charge >= 0.3 is 0 Å². The maximum atomic E-state index is 5.27. The lowest BCUT2D eigenvalue weighted by molar-refractivity contribution is 0.481. The number of hydrogen-bond donors (Lipinski definition) is 0. The zero-order valence-corrected chi connectivity index (χ0v) is 8.13. The van der Waals surface area contributed by atoms with Gasteiger partial charge in [-0.2, -0.15) is 5.10 Å². The molecule has 0 bridgehead atoms. The summed E-state index contributed by atoms with van der Waals surface area (Å²) < 4.78 is 7.16. The predicted octanol–water partition coefficient (Wildman–Crippen LogP) is 2.68. The van der Waals surface area contributed by atoms with Crippen molar-refractivity contribution >= 4 is 10.9 Å². The van der Waals surface area contributed by atoms with Gasteiger partial charge in [0.25, 0.3) is 0 Å². The van der Waals surface area contributed by atoms with Crippen LogP contribution in [0.5, 0.6) is 0 Å². The van der Waals surface area contributed by atoms with Gasteiger partial charge in [0.2, 0.25) is 0 Å². The highest BCUT2D eigenvalue weighted by Crippen LogP contribution is 2.12. The molecule has 0 amide bonds. The molecule has 0 radical (unpaired) electrons. The SMILES string of the molecule is c1coc(Cn2cc3ccccc3n2)c1. The number of rotatable bonds is 2. The summed E-state index contributed by atoms with van der Waals surface area (Å²) in [5, 5.41) is 5.60. The van der Waals surface area contributed by atoms with E-state index < -0.39 is 0 Å². The minimum atomic E-state index is 0.682. The third kappa shape index (κ3) is 1.52. The predicted molar refractivity (Wildman–Crippen MR) is 57.5 cm³/mol. The zero-order valence-electron chi connectivity index (χ0n) is 8.13. The maximum Gasteiger partial charge on any atom is 0.125 e. The molecule has 74 valence electrons. The van der Waals surface area contributed by atoms with E-state index in [-0.39, 0.29) is 0 Å². The fourth-order valence-corrected chi connectivity index (χ4v) is 1.66. The molecule has 0 aliphatic carbocycles. The van der Waals surface area contributed by atoms with E-state index in [1.807, 2.05) is 41.2 Å². The Labute approximate surface area is 86.9 Å². The van der Waals surface area contributed by atoms with Gasteiger partial charge in [-0.05, 0) is 18.2 Å². The van der Waals surface area contributed by atoms with Gasteiger partial charge in [-0.15, -0.1) is 0 Å². The molecule has 2 heterocycles. The summed E-state index contributed by atoms with van der Waals surface area (Å²) in [5.41, 5.74) is 1.02. The van der Waals surface area contributed by atoms with E-state index in [0.717, 1.165) is 16.7 Å². The lowest BCUT2D eigenvalue weighted by atomic mass is 10.3. The molecule has 15 heavy (non-hydrogen) atoms. The van der Waals surface area contributed by atoms with Crippen LogP contribution in [-0.4, -0.2) is 9.78 Å². The number of benzene rings is 1. The molecule has 0 atom stereocenters. The summed E-state index contributed by atoms with van der Waals surface area (Å²) in [6.45, 7) is 0.682. The van der Waals surface area contributed by atoms with E-state index in [1.165, 1.54) is 0 Å². The van der Waals surface area contributed by atoms with Crippen LogP contribution < -0.4 is 0 Å². The van der Waals surface area contributed by atoms with Crippen molar-refractivity contribution in [1.82, 2.24) is 9.78 Å². The maximum absolute atomic E-state index is 5.27. The highest BCUT2D eigenvalue weighted by Gasteiger charge is 2.01. The van der Waals surface area contributed by atoms with Crippen molar-refractivity contribution in [3.05, 3.63) is 54.6 Å². The Kier molecular flexibility index (Phi) is 1.81. The summed E-state index contributed by atoms with van der Waals surface area (Å²) in [6.07, 6.45) is 3.70. The van der Waals surface area contributed by atoms with E-state index in [2.05, 4.69) is 11.2 Å². The second-order valence-corrected chi connectivity index (χ2v) is 3.46. The van der Waals surface area contributed by atoms with Crippen LogP contribution in [0.2, 0.25) is 0 Å². The quantitative estimate of drug-likeness (QED) is 0.633. The third-order valence-electron chi connectivity index (χ3n) is 2.36. The molecule has 1 aromatic carbocycles. The Balaban J connectivity index is 1.98. The van der Waals surface area contributed by atoms with Gasteiger partial charge < -0.3 is 4.42 Å². The van der Waals surface area contributed by atoms with Gasteiger partial charge in [-0.25, -0.2) is 0 Å². The smallest absolute Gasteiger partial charge is 0.125 e. The van der Waals surface area contributed by atoms with Crippen molar-refractivity contribution in [3.8, 4) is 0 Å². The topological polar surface area (TPSA) is 31.0 Å². The zero-order chi connectivity index (χ0) is 10.1. The Bertz CT molecular complexity index is 533.